The van der Waals surface area contributed by atoms with Crippen LogP contribution in [0.15, 0.2) is 30.3 Å². The van der Waals surface area contributed by atoms with Crippen molar-refractivity contribution in [1.29, 1.82) is 0 Å². The van der Waals surface area contributed by atoms with Crippen LogP contribution >= 0.6 is 0 Å². The molecule has 0 aromatic heterocycles. The fraction of sp³-hybridized carbons (Fsp3) is 0.429. The molecule has 1 aliphatic heterocycles. The van der Waals surface area contributed by atoms with Gasteiger partial charge < -0.3 is 9.47 Å². The normalized spacial score (nSPS) is 23.1. The van der Waals surface area contributed by atoms with E-state index < -0.39 is 0 Å². The first-order valence-electron chi connectivity index (χ1n) is 5.60. The molecular weight excluding hydrogens is 200 g/mol. The van der Waals surface area contributed by atoms with Crippen molar-refractivity contribution in [2.45, 2.75) is 32.0 Å². The van der Waals surface area contributed by atoms with Crippen molar-refractivity contribution < 1.29 is 9.47 Å². The van der Waals surface area contributed by atoms with Crippen molar-refractivity contribution in [3.05, 3.63) is 35.9 Å². The Bertz CT molecular complexity index is 385. The van der Waals surface area contributed by atoms with Gasteiger partial charge in [-0.3, -0.25) is 0 Å². The molecule has 1 aromatic rings. The molecule has 1 aromatic carbocycles. The lowest BCUT2D eigenvalue weighted by atomic mass is 9.92. The van der Waals surface area contributed by atoms with Crippen LogP contribution in [-0.2, 0) is 4.74 Å². The van der Waals surface area contributed by atoms with Gasteiger partial charge in [-0.05, 0) is 19.9 Å². The minimum atomic E-state index is 0.0514. The van der Waals surface area contributed by atoms with Crippen LogP contribution in [0.25, 0.3) is 6.08 Å². The highest BCUT2D eigenvalue weighted by atomic mass is 16.5. The van der Waals surface area contributed by atoms with E-state index in [2.05, 4.69) is 26.0 Å². The largest absolute Gasteiger partial charge is 0.496 e. The Kier molecular flexibility index (Phi) is 3.01. The molecule has 0 N–H and O–H groups in total. The molecule has 0 bridgehead atoms. The second-order valence-electron chi connectivity index (χ2n) is 4.72. The van der Waals surface area contributed by atoms with Crippen LogP contribution < -0.4 is 4.74 Å². The van der Waals surface area contributed by atoms with E-state index in [0.717, 1.165) is 17.7 Å². The molecule has 2 heteroatoms. The molecule has 16 heavy (non-hydrogen) atoms. The maximum atomic E-state index is 5.69. The van der Waals surface area contributed by atoms with Gasteiger partial charge in [-0.1, -0.05) is 30.4 Å². The lowest BCUT2D eigenvalue weighted by Crippen LogP contribution is -2.44. The summed E-state index contributed by atoms with van der Waals surface area (Å²) in [6, 6.07) is 7.98. The SMILES string of the molecule is COc1ccccc1C=CC1CC(C)(C)O1. The summed E-state index contributed by atoms with van der Waals surface area (Å²) in [5.41, 5.74) is 1.15. The zero-order valence-corrected chi connectivity index (χ0v) is 10.1. The van der Waals surface area contributed by atoms with E-state index >= 15 is 0 Å². The third kappa shape index (κ3) is 2.45. The maximum Gasteiger partial charge on any atom is 0.126 e. The van der Waals surface area contributed by atoms with E-state index in [0.29, 0.717) is 0 Å². The van der Waals surface area contributed by atoms with Gasteiger partial charge >= 0.3 is 0 Å². The van der Waals surface area contributed by atoms with Crippen LogP contribution in [0.5, 0.6) is 5.75 Å². The Balaban J connectivity index is 2.01. The van der Waals surface area contributed by atoms with Crippen LogP contribution in [0.3, 0.4) is 0 Å². The lowest BCUT2D eigenvalue weighted by Gasteiger charge is -2.41. The number of hydrogen-bond acceptors (Lipinski definition) is 2. The van der Waals surface area contributed by atoms with Crippen molar-refractivity contribution >= 4 is 6.08 Å². The fourth-order valence-electron chi connectivity index (χ4n) is 2.01. The summed E-state index contributed by atoms with van der Waals surface area (Å²) >= 11 is 0. The molecule has 86 valence electrons. The third-order valence-electron chi connectivity index (χ3n) is 2.79. The second-order valence-corrected chi connectivity index (χ2v) is 4.72. The summed E-state index contributed by atoms with van der Waals surface area (Å²) in [6.45, 7) is 4.22. The number of methoxy groups -OCH3 is 1. The van der Waals surface area contributed by atoms with E-state index in [1.807, 2.05) is 24.3 Å². The molecule has 1 unspecified atom stereocenters. The Hall–Kier alpha value is -1.28. The monoisotopic (exact) mass is 218 g/mol. The maximum absolute atomic E-state index is 5.69. The molecule has 0 saturated carbocycles. The summed E-state index contributed by atoms with van der Waals surface area (Å²) in [7, 11) is 1.69. The predicted octanol–water partition coefficient (Wildman–Crippen LogP) is 3.28. The van der Waals surface area contributed by atoms with Gasteiger partial charge in [-0.15, -0.1) is 0 Å². The molecule has 2 nitrogen and oxygen atoms in total. The third-order valence-corrected chi connectivity index (χ3v) is 2.79. The summed E-state index contributed by atoms with van der Waals surface area (Å²) in [4.78, 5) is 0. The van der Waals surface area contributed by atoms with Crippen molar-refractivity contribution in [1.82, 2.24) is 0 Å². The number of rotatable bonds is 3. The van der Waals surface area contributed by atoms with E-state index in [-0.39, 0.29) is 11.7 Å². The van der Waals surface area contributed by atoms with E-state index in [9.17, 15) is 0 Å². The van der Waals surface area contributed by atoms with Gasteiger partial charge in [0.15, 0.2) is 0 Å². The molecule has 1 atom stereocenters. The Morgan fingerprint density at radius 3 is 2.69 bits per heavy atom. The molecule has 1 saturated heterocycles. The number of benzene rings is 1. The van der Waals surface area contributed by atoms with E-state index in [1.54, 1.807) is 7.11 Å². The number of hydrogen-bond donors (Lipinski definition) is 0. The molecule has 1 heterocycles. The van der Waals surface area contributed by atoms with E-state index in [4.69, 9.17) is 9.47 Å². The van der Waals surface area contributed by atoms with Gasteiger partial charge in [0.1, 0.15) is 5.75 Å². The first kappa shape index (κ1) is 11.2. The zero-order chi connectivity index (χ0) is 11.6. The smallest absolute Gasteiger partial charge is 0.126 e. The highest BCUT2D eigenvalue weighted by Crippen LogP contribution is 2.33. The van der Waals surface area contributed by atoms with Crippen LogP contribution in [0.1, 0.15) is 25.8 Å². The summed E-state index contributed by atoms with van der Waals surface area (Å²) in [5.74, 6) is 0.900. The Labute approximate surface area is 96.9 Å². The van der Waals surface area contributed by atoms with Gasteiger partial charge in [0.25, 0.3) is 0 Å². The van der Waals surface area contributed by atoms with Gasteiger partial charge in [-0.2, -0.15) is 0 Å². The van der Waals surface area contributed by atoms with Crippen molar-refractivity contribution in [2.75, 3.05) is 7.11 Å². The van der Waals surface area contributed by atoms with Crippen molar-refractivity contribution in [2.24, 2.45) is 0 Å². The molecule has 0 aliphatic carbocycles. The average Bonchev–Trinajstić information content (AvgIpc) is 2.23. The lowest BCUT2D eigenvalue weighted by molar-refractivity contribution is -0.161. The second kappa shape index (κ2) is 4.30. The summed E-state index contributed by atoms with van der Waals surface area (Å²) < 4.78 is 11.0. The van der Waals surface area contributed by atoms with Crippen LogP contribution in [0.2, 0.25) is 0 Å². The standard InChI is InChI=1S/C14H18O2/c1-14(2)10-12(16-14)9-8-11-6-4-5-7-13(11)15-3/h4-9,12H,10H2,1-3H3. The molecular formula is C14H18O2. The molecule has 0 amide bonds. The summed E-state index contributed by atoms with van der Waals surface area (Å²) in [6.07, 6.45) is 5.50. The van der Waals surface area contributed by atoms with Crippen LogP contribution in [-0.4, -0.2) is 18.8 Å². The molecule has 1 fully saturated rings. The Morgan fingerprint density at radius 1 is 1.38 bits per heavy atom. The van der Waals surface area contributed by atoms with Crippen LogP contribution in [0, 0.1) is 0 Å². The van der Waals surface area contributed by atoms with Gasteiger partial charge in [0.2, 0.25) is 0 Å². The highest BCUT2D eigenvalue weighted by Gasteiger charge is 2.35. The molecule has 0 spiro atoms. The molecule has 1 aliphatic rings. The van der Waals surface area contributed by atoms with Gasteiger partial charge in [0, 0.05) is 12.0 Å². The molecule has 0 radical (unpaired) electrons. The topological polar surface area (TPSA) is 18.5 Å². The minimum absolute atomic E-state index is 0.0514. The van der Waals surface area contributed by atoms with Crippen molar-refractivity contribution in [3.8, 4) is 5.75 Å². The fourth-order valence-corrected chi connectivity index (χ4v) is 2.01. The molecule has 2 rings (SSSR count). The quantitative estimate of drug-likeness (QED) is 0.775. The van der Waals surface area contributed by atoms with E-state index in [1.165, 1.54) is 0 Å². The van der Waals surface area contributed by atoms with Gasteiger partial charge in [0.05, 0.1) is 18.8 Å². The number of para-hydroxylation sites is 1. The van der Waals surface area contributed by atoms with Crippen molar-refractivity contribution in [3.63, 3.8) is 0 Å². The first-order chi connectivity index (χ1) is 7.61. The average molecular weight is 218 g/mol. The minimum Gasteiger partial charge on any atom is -0.496 e. The summed E-state index contributed by atoms with van der Waals surface area (Å²) in [5, 5.41) is 0. The Morgan fingerprint density at radius 2 is 2.06 bits per heavy atom. The number of ether oxygens (including phenoxy) is 2. The van der Waals surface area contributed by atoms with Gasteiger partial charge in [-0.25, -0.2) is 0 Å². The zero-order valence-electron chi connectivity index (χ0n) is 10.1. The first-order valence-corrected chi connectivity index (χ1v) is 5.60. The predicted molar refractivity (Wildman–Crippen MR) is 65.6 cm³/mol. The van der Waals surface area contributed by atoms with Crippen LogP contribution in [0.4, 0.5) is 0 Å². The highest BCUT2D eigenvalue weighted by molar-refractivity contribution is 5.57.